The zero-order valence-corrected chi connectivity index (χ0v) is 16.4. The molecule has 0 atom stereocenters. The Morgan fingerprint density at radius 2 is 1.97 bits per heavy atom. The van der Waals surface area contributed by atoms with Crippen molar-refractivity contribution < 1.29 is 18.7 Å². The molecule has 0 fully saturated rings. The predicted octanol–water partition coefficient (Wildman–Crippen LogP) is 4.12. The van der Waals surface area contributed by atoms with Gasteiger partial charge in [0.1, 0.15) is 5.75 Å². The Hall–Kier alpha value is -3.54. The minimum absolute atomic E-state index is 0.0887. The number of hydrogen-bond acceptors (Lipinski definition) is 4. The number of anilines is 2. The van der Waals surface area contributed by atoms with Crippen molar-refractivity contribution in [2.75, 3.05) is 23.4 Å². The second kappa shape index (κ2) is 7.83. The molecular formula is C23H22N2O4. The molecule has 2 aromatic carbocycles. The largest absolute Gasteiger partial charge is 0.484 e. The van der Waals surface area contributed by atoms with Crippen LogP contribution in [0.25, 0.3) is 0 Å². The summed E-state index contributed by atoms with van der Waals surface area (Å²) in [5.74, 6) is 0.516. The number of hydrogen-bond donors (Lipinski definition) is 1. The van der Waals surface area contributed by atoms with Crippen LogP contribution in [-0.2, 0) is 11.2 Å². The SMILES string of the molecule is Cc1ccc(OCC(=O)Nc2ccc3c(c2)N(C(=O)c2ccco2)CC3)cc1C. The Bertz CT molecular complexity index is 1060. The molecule has 2 amide bonds. The molecule has 4 rings (SSSR count). The maximum atomic E-state index is 12.6. The van der Waals surface area contributed by atoms with E-state index in [0.29, 0.717) is 23.7 Å². The third-order valence-electron chi connectivity index (χ3n) is 5.09. The van der Waals surface area contributed by atoms with Gasteiger partial charge in [-0.15, -0.1) is 0 Å². The Balaban J connectivity index is 1.42. The summed E-state index contributed by atoms with van der Waals surface area (Å²) in [5.41, 5.74) is 4.77. The summed E-state index contributed by atoms with van der Waals surface area (Å²) in [6, 6.07) is 14.7. The van der Waals surface area contributed by atoms with Crippen molar-refractivity contribution in [1.82, 2.24) is 0 Å². The molecule has 148 valence electrons. The number of amides is 2. The Morgan fingerprint density at radius 3 is 2.72 bits per heavy atom. The number of carbonyl (C=O) groups is 2. The van der Waals surface area contributed by atoms with Gasteiger partial charge < -0.3 is 19.4 Å². The molecule has 1 aliphatic heterocycles. The average molecular weight is 390 g/mol. The maximum Gasteiger partial charge on any atom is 0.293 e. The smallest absolute Gasteiger partial charge is 0.293 e. The first-order valence-electron chi connectivity index (χ1n) is 9.49. The van der Waals surface area contributed by atoms with Crippen LogP contribution in [0.2, 0.25) is 0 Å². The summed E-state index contributed by atoms with van der Waals surface area (Å²) >= 11 is 0. The number of nitrogens with one attached hydrogen (secondary N) is 1. The van der Waals surface area contributed by atoms with E-state index in [4.69, 9.17) is 9.15 Å². The number of aryl methyl sites for hydroxylation is 2. The van der Waals surface area contributed by atoms with Crippen LogP contribution in [0.4, 0.5) is 11.4 Å². The van der Waals surface area contributed by atoms with Crippen LogP contribution >= 0.6 is 0 Å². The monoisotopic (exact) mass is 390 g/mol. The molecule has 1 N–H and O–H groups in total. The van der Waals surface area contributed by atoms with Gasteiger partial charge in [0.2, 0.25) is 0 Å². The molecule has 2 heterocycles. The summed E-state index contributed by atoms with van der Waals surface area (Å²) in [6.45, 7) is 4.53. The highest BCUT2D eigenvalue weighted by Crippen LogP contribution is 2.32. The summed E-state index contributed by atoms with van der Waals surface area (Å²) in [5, 5.41) is 2.84. The van der Waals surface area contributed by atoms with Crippen molar-refractivity contribution in [3.05, 3.63) is 77.2 Å². The first kappa shape index (κ1) is 18.8. The minimum Gasteiger partial charge on any atom is -0.484 e. The normalized spacial score (nSPS) is 12.6. The van der Waals surface area contributed by atoms with Crippen molar-refractivity contribution in [3.63, 3.8) is 0 Å². The number of furan rings is 1. The van der Waals surface area contributed by atoms with E-state index >= 15 is 0 Å². The molecule has 3 aromatic rings. The van der Waals surface area contributed by atoms with Gasteiger partial charge in [-0.3, -0.25) is 9.59 Å². The van der Waals surface area contributed by atoms with Gasteiger partial charge in [0.25, 0.3) is 11.8 Å². The lowest BCUT2D eigenvalue weighted by atomic mass is 10.1. The van der Waals surface area contributed by atoms with Crippen LogP contribution in [0.1, 0.15) is 27.2 Å². The fraction of sp³-hybridized carbons (Fsp3) is 0.217. The number of benzene rings is 2. The third kappa shape index (κ3) is 4.01. The van der Waals surface area contributed by atoms with Crippen LogP contribution in [0, 0.1) is 13.8 Å². The second-order valence-corrected chi connectivity index (χ2v) is 7.11. The zero-order chi connectivity index (χ0) is 20.4. The molecule has 6 heteroatoms. The Labute approximate surface area is 169 Å². The lowest BCUT2D eigenvalue weighted by Gasteiger charge is -2.17. The van der Waals surface area contributed by atoms with Crippen LogP contribution in [0.3, 0.4) is 0 Å². The van der Waals surface area contributed by atoms with Crippen molar-refractivity contribution in [1.29, 1.82) is 0 Å². The summed E-state index contributed by atoms with van der Waals surface area (Å²) in [6.07, 6.45) is 2.25. The summed E-state index contributed by atoms with van der Waals surface area (Å²) in [7, 11) is 0. The van der Waals surface area contributed by atoms with Gasteiger partial charge >= 0.3 is 0 Å². The number of rotatable bonds is 5. The molecule has 0 unspecified atom stereocenters. The van der Waals surface area contributed by atoms with Crippen LogP contribution in [-0.4, -0.2) is 25.0 Å². The van der Waals surface area contributed by atoms with Crippen molar-refractivity contribution in [2.24, 2.45) is 0 Å². The Kier molecular flexibility index (Phi) is 5.08. The third-order valence-corrected chi connectivity index (χ3v) is 5.09. The fourth-order valence-electron chi connectivity index (χ4n) is 3.35. The average Bonchev–Trinajstić information content (AvgIpc) is 3.38. The number of carbonyl (C=O) groups excluding carboxylic acids is 2. The highest BCUT2D eigenvalue weighted by Gasteiger charge is 2.27. The molecule has 6 nitrogen and oxygen atoms in total. The van der Waals surface area contributed by atoms with Gasteiger partial charge in [-0.25, -0.2) is 0 Å². The van der Waals surface area contributed by atoms with E-state index in [1.807, 2.05) is 50.2 Å². The van der Waals surface area contributed by atoms with Gasteiger partial charge in [-0.1, -0.05) is 12.1 Å². The predicted molar refractivity (Wildman–Crippen MR) is 111 cm³/mol. The highest BCUT2D eigenvalue weighted by molar-refractivity contribution is 6.06. The first-order valence-corrected chi connectivity index (χ1v) is 9.49. The Morgan fingerprint density at radius 1 is 1.10 bits per heavy atom. The highest BCUT2D eigenvalue weighted by atomic mass is 16.5. The van der Waals surface area contributed by atoms with Crippen LogP contribution in [0.15, 0.2) is 59.2 Å². The van der Waals surface area contributed by atoms with Gasteiger partial charge in [-0.2, -0.15) is 0 Å². The number of ether oxygens (including phenoxy) is 1. The standard InChI is InChI=1S/C23H22N2O4/c1-15-5-8-19(12-16(15)2)29-14-22(26)24-18-7-6-17-9-10-25(20(17)13-18)23(27)21-4-3-11-28-21/h3-8,11-13H,9-10,14H2,1-2H3,(H,24,26). The molecule has 29 heavy (non-hydrogen) atoms. The van der Waals surface area contributed by atoms with E-state index in [-0.39, 0.29) is 18.4 Å². The van der Waals surface area contributed by atoms with Gasteiger partial charge in [0, 0.05) is 17.9 Å². The van der Waals surface area contributed by atoms with Gasteiger partial charge in [0.05, 0.1) is 6.26 Å². The van der Waals surface area contributed by atoms with Crippen LogP contribution in [0.5, 0.6) is 5.75 Å². The lowest BCUT2D eigenvalue weighted by Crippen LogP contribution is -2.28. The summed E-state index contributed by atoms with van der Waals surface area (Å²) < 4.78 is 10.8. The number of nitrogens with zero attached hydrogens (tertiary/aromatic N) is 1. The molecule has 1 aliphatic rings. The molecular weight excluding hydrogens is 368 g/mol. The van der Waals surface area contributed by atoms with Gasteiger partial charge in [-0.05, 0) is 73.4 Å². The fourth-order valence-corrected chi connectivity index (χ4v) is 3.35. The van der Waals surface area contributed by atoms with E-state index in [2.05, 4.69) is 5.32 Å². The van der Waals surface area contributed by atoms with E-state index in [9.17, 15) is 9.59 Å². The minimum atomic E-state index is -0.259. The van der Waals surface area contributed by atoms with Crippen molar-refractivity contribution in [2.45, 2.75) is 20.3 Å². The lowest BCUT2D eigenvalue weighted by molar-refractivity contribution is -0.118. The second-order valence-electron chi connectivity index (χ2n) is 7.11. The van der Waals surface area contributed by atoms with Crippen LogP contribution < -0.4 is 15.0 Å². The molecule has 0 aliphatic carbocycles. The molecule has 0 bridgehead atoms. The van der Waals surface area contributed by atoms with Crippen molar-refractivity contribution >= 4 is 23.2 Å². The van der Waals surface area contributed by atoms with E-state index in [1.54, 1.807) is 17.0 Å². The van der Waals surface area contributed by atoms with Gasteiger partial charge in [0.15, 0.2) is 12.4 Å². The zero-order valence-electron chi connectivity index (χ0n) is 16.4. The maximum absolute atomic E-state index is 12.6. The van der Waals surface area contributed by atoms with E-state index < -0.39 is 0 Å². The van der Waals surface area contributed by atoms with Crippen molar-refractivity contribution in [3.8, 4) is 5.75 Å². The molecule has 0 saturated heterocycles. The summed E-state index contributed by atoms with van der Waals surface area (Å²) in [4.78, 5) is 26.6. The quantitative estimate of drug-likeness (QED) is 0.711. The van der Waals surface area contributed by atoms with E-state index in [1.165, 1.54) is 11.8 Å². The molecule has 0 saturated carbocycles. The molecule has 0 spiro atoms. The molecule has 0 radical (unpaired) electrons. The number of fused-ring (bicyclic) bond motifs is 1. The first-order chi connectivity index (χ1) is 14.0. The topological polar surface area (TPSA) is 71.8 Å². The van der Waals surface area contributed by atoms with E-state index in [0.717, 1.165) is 23.2 Å². The molecule has 1 aromatic heterocycles.